The van der Waals surface area contributed by atoms with E-state index in [-0.39, 0.29) is 41.5 Å². The van der Waals surface area contributed by atoms with Crippen molar-refractivity contribution in [3.8, 4) is 0 Å². The molecule has 228 valence electrons. The number of ether oxygens (including phenoxy) is 1. The van der Waals surface area contributed by atoms with Crippen LogP contribution in [-0.4, -0.2) is 80.3 Å². The topological polar surface area (TPSA) is 90.7 Å². The van der Waals surface area contributed by atoms with Gasteiger partial charge in [0.2, 0.25) is 5.91 Å². The van der Waals surface area contributed by atoms with Gasteiger partial charge in [-0.3, -0.25) is 14.7 Å². The third-order valence-corrected chi connectivity index (χ3v) is 9.53. The molecular weight excluding hydrogens is 550 g/mol. The first-order chi connectivity index (χ1) is 20.8. The van der Waals surface area contributed by atoms with E-state index in [0.29, 0.717) is 42.9 Å². The second-order valence-electron chi connectivity index (χ2n) is 12.8. The normalized spacial score (nSPS) is 28.2. The first-order valence-electron chi connectivity index (χ1n) is 15.3. The zero-order chi connectivity index (χ0) is 30.0. The molecule has 2 aromatic carbocycles. The fourth-order valence-electron chi connectivity index (χ4n) is 7.12. The Kier molecular flexibility index (Phi) is 8.31. The van der Waals surface area contributed by atoms with E-state index in [0.717, 1.165) is 49.7 Å². The number of benzene rings is 2. The monoisotopic (exact) mass is 590 g/mol. The molecular formula is C33H40F2N6O2. The maximum atomic E-state index is 15.8. The number of rotatable bonds is 8. The third kappa shape index (κ3) is 6.20. The number of carbonyl (C=O) groups excluding carboxylic acids is 1. The van der Waals surface area contributed by atoms with Crippen molar-refractivity contribution in [3.63, 3.8) is 0 Å². The Morgan fingerprint density at radius 1 is 1.23 bits per heavy atom. The first kappa shape index (κ1) is 29.4. The molecule has 43 heavy (non-hydrogen) atoms. The molecule has 0 aromatic heterocycles. The average Bonchev–Trinajstić information content (AvgIpc) is 3.68. The summed E-state index contributed by atoms with van der Waals surface area (Å²) in [5.74, 6) is 0.100. The van der Waals surface area contributed by atoms with Gasteiger partial charge in [0.15, 0.2) is 0 Å². The minimum absolute atomic E-state index is 0.00601. The minimum atomic E-state index is -1.30. The standard InChI is InChI=1S/C33H40F2N6O2/c1-32(17-28(42)38-19-32)20-39-30(40-31(36-2)43-21-33-11-5-13-41(33)14-6-12-33)24-15-26(35)27(37-18-24)16-23-9-3-7-22-8-4-10-25(34)29(22)23/h3-4,7-10,18,26-27,39H,2,5-6,11-17,19-21H2,1H3,(H,38,42)/b30-24+,40-31+. The van der Waals surface area contributed by atoms with Crippen molar-refractivity contribution in [2.45, 2.75) is 69.6 Å². The highest BCUT2D eigenvalue weighted by Gasteiger charge is 2.45. The summed E-state index contributed by atoms with van der Waals surface area (Å²) in [7, 11) is 0. The van der Waals surface area contributed by atoms with Crippen molar-refractivity contribution in [1.29, 1.82) is 0 Å². The van der Waals surface area contributed by atoms with Crippen LogP contribution in [0.2, 0.25) is 0 Å². The van der Waals surface area contributed by atoms with Gasteiger partial charge >= 0.3 is 6.02 Å². The molecule has 2 N–H and O–H groups in total. The molecule has 3 saturated heterocycles. The summed E-state index contributed by atoms with van der Waals surface area (Å²) >= 11 is 0. The SMILES string of the molecule is C=N/C(=N\C(NCC1(C)CNC(=O)C1)=C1\C=NC(Cc2cccc3cccc(F)c23)C(F)C1)OCC12CCCN1CCC2. The van der Waals surface area contributed by atoms with E-state index < -0.39 is 12.2 Å². The van der Waals surface area contributed by atoms with Crippen LogP contribution < -0.4 is 10.6 Å². The highest BCUT2D eigenvalue weighted by Crippen LogP contribution is 2.39. The summed E-state index contributed by atoms with van der Waals surface area (Å²) in [6, 6.07) is 9.99. The molecule has 4 aliphatic heterocycles. The van der Waals surface area contributed by atoms with Crippen molar-refractivity contribution < 1.29 is 18.3 Å². The maximum absolute atomic E-state index is 15.8. The van der Waals surface area contributed by atoms with E-state index in [4.69, 9.17) is 9.73 Å². The van der Waals surface area contributed by atoms with Crippen LogP contribution in [0, 0.1) is 11.2 Å². The Balaban J connectivity index is 1.25. The molecule has 0 saturated carbocycles. The fraction of sp³-hybridized carbons (Fsp3) is 0.515. The predicted molar refractivity (Wildman–Crippen MR) is 166 cm³/mol. The summed E-state index contributed by atoms with van der Waals surface area (Å²) in [4.78, 5) is 27.8. The van der Waals surface area contributed by atoms with Crippen LogP contribution in [0.4, 0.5) is 8.78 Å². The van der Waals surface area contributed by atoms with E-state index in [1.807, 2.05) is 31.2 Å². The number of allylic oxidation sites excluding steroid dienone is 1. The molecule has 1 amide bonds. The quantitative estimate of drug-likeness (QED) is 0.344. The lowest BCUT2D eigenvalue weighted by Crippen LogP contribution is -2.43. The number of amidine groups is 1. The van der Waals surface area contributed by atoms with Gasteiger partial charge in [-0.1, -0.05) is 37.3 Å². The van der Waals surface area contributed by atoms with Gasteiger partial charge in [0.05, 0.1) is 11.6 Å². The number of halogens is 2. The van der Waals surface area contributed by atoms with E-state index >= 15 is 4.39 Å². The van der Waals surface area contributed by atoms with Crippen LogP contribution in [0.25, 0.3) is 10.8 Å². The second-order valence-corrected chi connectivity index (χ2v) is 12.8. The van der Waals surface area contributed by atoms with Crippen LogP contribution >= 0.6 is 0 Å². The van der Waals surface area contributed by atoms with E-state index in [9.17, 15) is 9.18 Å². The van der Waals surface area contributed by atoms with Gasteiger partial charge < -0.3 is 15.4 Å². The van der Waals surface area contributed by atoms with Crippen LogP contribution in [0.15, 0.2) is 62.8 Å². The zero-order valence-corrected chi connectivity index (χ0v) is 24.7. The molecule has 2 aromatic rings. The summed E-state index contributed by atoms with van der Waals surface area (Å²) in [5.41, 5.74) is 1.00. The lowest BCUT2D eigenvalue weighted by molar-refractivity contribution is -0.119. The van der Waals surface area contributed by atoms with Gasteiger partial charge in [-0.05, 0) is 68.9 Å². The zero-order valence-electron chi connectivity index (χ0n) is 24.7. The van der Waals surface area contributed by atoms with Crippen molar-refractivity contribution in [3.05, 3.63) is 59.2 Å². The largest absolute Gasteiger partial charge is 0.461 e. The van der Waals surface area contributed by atoms with E-state index in [2.05, 4.69) is 32.2 Å². The van der Waals surface area contributed by atoms with Crippen molar-refractivity contribution >= 4 is 35.6 Å². The Morgan fingerprint density at radius 2 is 2.00 bits per heavy atom. The van der Waals surface area contributed by atoms with Gasteiger partial charge in [0.25, 0.3) is 0 Å². The molecule has 4 heterocycles. The molecule has 8 nitrogen and oxygen atoms in total. The van der Waals surface area contributed by atoms with Crippen LogP contribution in [0.3, 0.4) is 0 Å². The van der Waals surface area contributed by atoms with Crippen LogP contribution in [0.5, 0.6) is 0 Å². The molecule has 10 heteroatoms. The van der Waals surface area contributed by atoms with Crippen molar-refractivity contribution in [2.24, 2.45) is 20.4 Å². The fourth-order valence-corrected chi connectivity index (χ4v) is 7.12. The molecule has 0 radical (unpaired) electrons. The van der Waals surface area contributed by atoms with E-state index in [1.54, 1.807) is 12.3 Å². The number of hydrogen-bond donors (Lipinski definition) is 2. The smallest absolute Gasteiger partial charge is 0.317 e. The number of amides is 1. The van der Waals surface area contributed by atoms with Crippen LogP contribution in [-0.2, 0) is 16.0 Å². The number of nitrogens with one attached hydrogen (secondary N) is 2. The lowest BCUT2D eigenvalue weighted by Gasteiger charge is -2.31. The maximum Gasteiger partial charge on any atom is 0.317 e. The summed E-state index contributed by atoms with van der Waals surface area (Å²) < 4.78 is 36.6. The van der Waals surface area contributed by atoms with Gasteiger partial charge in [-0.15, -0.1) is 0 Å². The molecule has 6 rings (SSSR count). The molecule has 3 unspecified atom stereocenters. The number of fused-ring (bicyclic) bond motifs is 2. The van der Waals surface area contributed by atoms with E-state index in [1.165, 1.54) is 6.07 Å². The third-order valence-electron chi connectivity index (χ3n) is 9.53. The number of aliphatic imine (C=N–C) groups is 3. The second kappa shape index (κ2) is 12.1. The Hall–Kier alpha value is -3.66. The molecule has 0 spiro atoms. The highest BCUT2D eigenvalue weighted by atomic mass is 19.1. The van der Waals surface area contributed by atoms with Gasteiger partial charge in [0.1, 0.15) is 24.4 Å². The number of carbonyl (C=O) groups is 1. The van der Waals surface area contributed by atoms with Crippen molar-refractivity contribution in [2.75, 3.05) is 32.8 Å². The number of alkyl halides is 1. The highest BCUT2D eigenvalue weighted by molar-refractivity contribution is 5.87. The Labute approximate surface area is 251 Å². The Bertz CT molecular complexity index is 1470. The molecule has 3 fully saturated rings. The molecule has 0 bridgehead atoms. The number of nitrogens with zero attached hydrogens (tertiary/aromatic N) is 4. The summed E-state index contributed by atoms with van der Waals surface area (Å²) in [6.45, 7) is 9.34. The summed E-state index contributed by atoms with van der Waals surface area (Å²) in [5, 5.41) is 7.54. The lowest BCUT2D eigenvalue weighted by atomic mass is 9.89. The van der Waals surface area contributed by atoms with Crippen LogP contribution in [0.1, 0.15) is 51.0 Å². The number of hydrogen-bond acceptors (Lipinski definition) is 6. The molecule has 3 atom stereocenters. The average molecular weight is 591 g/mol. The van der Waals surface area contributed by atoms with Gasteiger partial charge in [0, 0.05) is 48.5 Å². The summed E-state index contributed by atoms with van der Waals surface area (Å²) in [6.07, 6.45) is 5.57. The molecule has 4 aliphatic rings. The Morgan fingerprint density at radius 3 is 2.70 bits per heavy atom. The first-order valence-corrected chi connectivity index (χ1v) is 15.3. The van der Waals surface area contributed by atoms with Gasteiger partial charge in [-0.25, -0.2) is 13.8 Å². The van der Waals surface area contributed by atoms with Crippen molar-refractivity contribution in [1.82, 2.24) is 15.5 Å². The minimum Gasteiger partial charge on any atom is -0.461 e. The van der Waals surface area contributed by atoms with Gasteiger partial charge in [-0.2, -0.15) is 4.99 Å². The predicted octanol–water partition coefficient (Wildman–Crippen LogP) is 4.73. The molecule has 0 aliphatic carbocycles.